The van der Waals surface area contributed by atoms with E-state index in [1.165, 1.54) is 6.08 Å². The number of carbonyl (C=O) groups excluding carboxylic acids is 1. The van der Waals surface area contributed by atoms with Crippen molar-refractivity contribution in [3.63, 3.8) is 0 Å². The van der Waals surface area contributed by atoms with Crippen molar-refractivity contribution < 1.29 is 19.0 Å². The monoisotopic (exact) mass is 248 g/mol. The number of hydrogen-bond donors (Lipinski definition) is 0. The molecule has 0 saturated carbocycles. The molecule has 0 atom stereocenters. The number of rotatable bonds is 8. The molecular formula is C11H24O4Si. The third-order valence-electron chi connectivity index (χ3n) is 1.91. The lowest BCUT2D eigenvalue weighted by atomic mass is 10.5. The molecular weight excluding hydrogens is 224 g/mol. The van der Waals surface area contributed by atoms with Crippen molar-refractivity contribution in [2.45, 2.75) is 32.7 Å². The molecule has 0 N–H and O–H groups in total. The van der Waals surface area contributed by atoms with Gasteiger partial charge >= 0.3 is 5.97 Å². The number of esters is 1. The van der Waals surface area contributed by atoms with Gasteiger partial charge < -0.3 is 14.2 Å². The predicted octanol–water partition coefficient (Wildman–Crippen LogP) is 1.30. The van der Waals surface area contributed by atoms with E-state index in [2.05, 4.69) is 0 Å². The highest BCUT2D eigenvalue weighted by Gasteiger charge is 2.05. The lowest BCUT2D eigenvalue weighted by molar-refractivity contribution is -0.137. The number of carbonyl (C=O) groups is 1. The van der Waals surface area contributed by atoms with Crippen LogP contribution in [0.2, 0.25) is 6.04 Å². The van der Waals surface area contributed by atoms with Crippen molar-refractivity contribution in [3.8, 4) is 0 Å². The van der Waals surface area contributed by atoms with Crippen molar-refractivity contribution in [2.24, 2.45) is 0 Å². The van der Waals surface area contributed by atoms with Gasteiger partial charge in [-0.1, -0.05) is 19.5 Å². The molecule has 0 rings (SSSR count). The first-order chi connectivity index (χ1) is 7.24. The van der Waals surface area contributed by atoms with Crippen molar-refractivity contribution in [3.05, 3.63) is 12.2 Å². The fraction of sp³-hybridized carbons (Fsp3) is 0.727. The summed E-state index contributed by atoms with van der Waals surface area (Å²) < 4.78 is 15.1. The quantitative estimate of drug-likeness (QED) is 0.213. The molecule has 0 fully saturated rings. The molecule has 4 nitrogen and oxygen atoms in total. The van der Waals surface area contributed by atoms with Crippen molar-refractivity contribution >= 4 is 15.5 Å². The molecule has 0 spiro atoms. The van der Waals surface area contributed by atoms with Crippen LogP contribution >= 0.6 is 0 Å². The van der Waals surface area contributed by atoms with Crippen molar-refractivity contribution in [1.82, 2.24) is 0 Å². The van der Waals surface area contributed by atoms with Gasteiger partial charge in [-0.05, 0) is 13.3 Å². The first kappa shape index (κ1) is 17.7. The zero-order valence-corrected chi connectivity index (χ0v) is 11.1. The maximum Gasteiger partial charge on any atom is 0.330 e. The fourth-order valence-corrected chi connectivity index (χ4v) is 2.40. The van der Waals surface area contributed by atoms with E-state index in [1.54, 1.807) is 27.2 Å². The first-order valence-corrected chi connectivity index (χ1v) is 6.91. The second-order valence-electron chi connectivity index (χ2n) is 3.06. The molecule has 0 heterocycles. The van der Waals surface area contributed by atoms with E-state index in [0.29, 0.717) is 6.61 Å². The largest absolute Gasteiger partial charge is 0.463 e. The zero-order valence-electron chi connectivity index (χ0n) is 9.69. The van der Waals surface area contributed by atoms with Gasteiger partial charge in [0.1, 0.15) is 5.91 Å². The molecule has 0 saturated heterocycles. The van der Waals surface area contributed by atoms with E-state index < -0.39 is 0 Å². The minimum Gasteiger partial charge on any atom is -0.463 e. The molecule has 0 aliphatic carbocycles. The van der Waals surface area contributed by atoms with Crippen LogP contribution in [0.5, 0.6) is 0 Å². The molecule has 0 aromatic carbocycles. The highest BCUT2D eigenvalue weighted by atomic mass is 28.2. The Morgan fingerprint density at radius 3 is 2.50 bits per heavy atom. The second-order valence-corrected chi connectivity index (χ2v) is 5.02. The lowest BCUT2D eigenvalue weighted by Gasteiger charge is -2.11. The van der Waals surface area contributed by atoms with Gasteiger partial charge in [0.2, 0.25) is 0 Å². The highest BCUT2D eigenvalue weighted by Crippen LogP contribution is 1.97. The van der Waals surface area contributed by atoms with Crippen LogP contribution in [0.15, 0.2) is 12.2 Å². The molecule has 0 amide bonds. The Kier molecular flexibility index (Phi) is 13.8. The number of allylic oxidation sites excluding steroid dienone is 1. The van der Waals surface area contributed by atoms with Gasteiger partial charge in [0, 0.05) is 20.3 Å². The van der Waals surface area contributed by atoms with E-state index in [-0.39, 0.29) is 28.8 Å². The maximum atomic E-state index is 10.9. The van der Waals surface area contributed by atoms with Gasteiger partial charge in [-0.2, -0.15) is 0 Å². The van der Waals surface area contributed by atoms with Gasteiger partial charge in [0.05, 0.1) is 16.1 Å². The number of hydrogen-bond acceptors (Lipinski definition) is 4. The normalized spacial score (nSPS) is 11.2. The van der Waals surface area contributed by atoms with E-state index in [9.17, 15) is 4.79 Å². The summed E-state index contributed by atoms with van der Waals surface area (Å²) in [6.07, 6.45) is 3.98. The molecule has 0 aliphatic heterocycles. The van der Waals surface area contributed by atoms with Crippen LogP contribution in [-0.2, 0) is 19.0 Å². The SMILES string of the molecule is C.CC=CC(=O)OCCC[SiH2]C(OC)OC. The van der Waals surface area contributed by atoms with Gasteiger partial charge in [-0.3, -0.25) is 0 Å². The Labute approximate surface area is 101 Å². The van der Waals surface area contributed by atoms with E-state index in [0.717, 1.165) is 12.5 Å². The predicted molar refractivity (Wildman–Crippen MR) is 68.3 cm³/mol. The molecule has 0 aromatic rings. The highest BCUT2D eigenvalue weighted by molar-refractivity contribution is 6.36. The van der Waals surface area contributed by atoms with Gasteiger partial charge in [0.15, 0.2) is 0 Å². The standard InChI is InChI=1S/C10H20O4Si.CH4/c1-4-6-9(11)14-7-5-8-15-10(12-2)13-3;/h4,6,10H,5,7-8,15H2,1-3H3;1H4. The third kappa shape index (κ3) is 9.89. The molecule has 0 bridgehead atoms. The molecule has 96 valence electrons. The first-order valence-electron chi connectivity index (χ1n) is 5.09. The van der Waals surface area contributed by atoms with E-state index in [1.807, 2.05) is 0 Å². The summed E-state index contributed by atoms with van der Waals surface area (Å²) >= 11 is 0. The van der Waals surface area contributed by atoms with Crippen LogP contribution in [0, 0.1) is 0 Å². The number of ether oxygens (including phenoxy) is 3. The Bertz CT molecular complexity index is 190. The summed E-state index contributed by atoms with van der Waals surface area (Å²) in [4.78, 5) is 10.9. The van der Waals surface area contributed by atoms with Gasteiger partial charge in [-0.15, -0.1) is 0 Å². The Balaban J connectivity index is 0. The summed E-state index contributed by atoms with van der Waals surface area (Å²) in [7, 11) is 2.91. The van der Waals surface area contributed by atoms with Crippen molar-refractivity contribution in [1.29, 1.82) is 0 Å². The van der Waals surface area contributed by atoms with Crippen LogP contribution in [0.1, 0.15) is 20.8 Å². The fourth-order valence-electron chi connectivity index (χ4n) is 1.10. The van der Waals surface area contributed by atoms with Crippen LogP contribution in [0.4, 0.5) is 0 Å². The summed E-state index contributed by atoms with van der Waals surface area (Å²) in [5, 5.41) is 0. The second kappa shape index (κ2) is 12.4. The van der Waals surface area contributed by atoms with E-state index in [4.69, 9.17) is 14.2 Å². The average Bonchev–Trinajstić information content (AvgIpc) is 2.24. The summed E-state index contributed by atoms with van der Waals surface area (Å²) in [5.41, 5.74) is 0. The number of methoxy groups -OCH3 is 2. The van der Waals surface area contributed by atoms with Crippen LogP contribution in [-0.4, -0.2) is 42.2 Å². The molecule has 0 aliphatic rings. The molecule has 0 unspecified atom stereocenters. The third-order valence-corrected chi connectivity index (χ3v) is 3.95. The molecule has 16 heavy (non-hydrogen) atoms. The molecule has 0 aromatic heterocycles. The molecule has 5 heteroatoms. The average molecular weight is 248 g/mol. The Hall–Kier alpha value is -0.653. The van der Waals surface area contributed by atoms with Gasteiger partial charge in [-0.25, -0.2) is 4.79 Å². The van der Waals surface area contributed by atoms with Gasteiger partial charge in [0.25, 0.3) is 0 Å². The van der Waals surface area contributed by atoms with Crippen LogP contribution < -0.4 is 0 Å². The van der Waals surface area contributed by atoms with E-state index >= 15 is 0 Å². The summed E-state index contributed by atoms with van der Waals surface area (Å²) in [6.45, 7) is 2.27. The lowest BCUT2D eigenvalue weighted by Crippen LogP contribution is -2.21. The minimum absolute atomic E-state index is 0. The zero-order chi connectivity index (χ0) is 11.5. The smallest absolute Gasteiger partial charge is 0.330 e. The topological polar surface area (TPSA) is 44.8 Å². The van der Waals surface area contributed by atoms with Crippen LogP contribution in [0.25, 0.3) is 0 Å². The van der Waals surface area contributed by atoms with Crippen LogP contribution in [0.3, 0.4) is 0 Å². The minimum atomic E-state index is -0.385. The summed E-state index contributed by atoms with van der Waals surface area (Å²) in [6, 6.07) is 1.05. The summed E-state index contributed by atoms with van der Waals surface area (Å²) in [5.74, 6) is -0.287. The Morgan fingerprint density at radius 2 is 2.00 bits per heavy atom. The molecule has 0 radical (unpaired) electrons. The van der Waals surface area contributed by atoms with Crippen molar-refractivity contribution in [2.75, 3.05) is 20.8 Å². The Morgan fingerprint density at radius 1 is 1.38 bits per heavy atom. The maximum absolute atomic E-state index is 10.9.